The first-order valence-electron chi connectivity index (χ1n) is 7.14. The molecule has 1 unspecified atom stereocenters. The van der Waals surface area contributed by atoms with Gasteiger partial charge in [-0.3, -0.25) is 4.79 Å². The van der Waals surface area contributed by atoms with Crippen LogP contribution in [0.1, 0.15) is 56.0 Å². The molecule has 0 saturated heterocycles. The Bertz CT molecular complexity index is 492. The zero-order valence-corrected chi connectivity index (χ0v) is 11.7. The predicted molar refractivity (Wildman–Crippen MR) is 72.5 cm³/mol. The number of carboxylic acids is 1. The lowest BCUT2D eigenvalue weighted by molar-refractivity contribution is -0.142. The minimum Gasteiger partial charge on any atom is -0.481 e. The summed E-state index contributed by atoms with van der Waals surface area (Å²) in [5, 5.41) is 9.66. The topological polar surface area (TPSA) is 55.1 Å². The van der Waals surface area contributed by atoms with Crippen molar-refractivity contribution in [3.05, 3.63) is 16.7 Å². The maximum atomic E-state index is 11.1. The van der Waals surface area contributed by atoms with Crippen molar-refractivity contribution in [3.8, 4) is 0 Å². The largest absolute Gasteiger partial charge is 0.481 e. The molecule has 1 N–H and O–H groups in total. The monoisotopic (exact) mass is 282 g/mol. The third-order valence-corrected chi connectivity index (χ3v) is 4.82. The number of aliphatic carboxylic acids is 1. The molecular weight excluding hydrogens is 264 g/mol. The van der Waals surface area contributed by atoms with Crippen LogP contribution in [0.3, 0.4) is 0 Å². The normalized spacial score (nSPS) is 24.2. The van der Waals surface area contributed by atoms with Gasteiger partial charge in [-0.25, -0.2) is 4.98 Å². The summed E-state index contributed by atoms with van der Waals surface area (Å²) in [7, 11) is 0. The predicted octanol–water partition coefficient (Wildman–Crippen LogP) is 3.23. The number of hydrogen-bond donors (Lipinski definition) is 1. The highest BCUT2D eigenvalue weighted by Gasteiger charge is 2.31. The van der Waals surface area contributed by atoms with Gasteiger partial charge in [0, 0.05) is 18.9 Å². The summed E-state index contributed by atoms with van der Waals surface area (Å²) < 4.78 is 2.19. The zero-order chi connectivity index (χ0) is 13.4. The fourth-order valence-corrected chi connectivity index (χ4v) is 3.69. The second-order valence-corrected chi connectivity index (χ2v) is 6.08. The molecule has 2 aliphatic rings. The molecular formula is C14H19ClN2O2. The van der Waals surface area contributed by atoms with Gasteiger partial charge < -0.3 is 9.67 Å². The number of nitrogens with zero attached hydrogens (tertiary/aromatic N) is 2. The van der Waals surface area contributed by atoms with E-state index in [2.05, 4.69) is 9.55 Å². The van der Waals surface area contributed by atoms with Gasteiger partial charge in [-0.15, -0.1) is 0 Å². The number of carbonyl (C=O) groups is 1. The molecule has 1 aromatic rings. The number of carboxylic acid groups (broad SMARTS) is 1. The molecule has 1 aromatic heterocycles. The molecule has 1 aliphatic carbocycles. The quantitative estimate of drug-likeness (QED) is 0.906. The molecule has 1 aliphatic heterocycles. The van der Waals surface area contributed by atoms with E-state index in [0.29, 0.717) is 23.9 Å². The van der Waals surface area contributed by atoms with Crippen molar-refractivity contribution < 1.29 is 9.90 Å². The Morgan fingerprint density at radius 1 is 1.26 bits per heavy atom. The Balaban J connectivity index is 1.89. The van der Waals surface area contributed by atoms with Crippen molar-refractivity contribution in [2.75, 3.05) is 0 Å². The summed E-state index contributed by atoms with van der Waals surface area (Å²) in [6.07, 6.45) is 7.44. The van der Waals surface area contributed by atoms with Crippen LogP contribution in [-0.4, -0.2) is 20.6 Å². The minimum absolute atomic E-state index is 0.305. The van der Waals surface area contributed by atoms with E-state index >= 15 is 0 Å². The van der Waals surface area contributed by atoms with E-state index in [1.165, 1.54) is 32.1 Å². The second-order valence-electron chi connectivity index (χ2n) is 5.72. The van der Waals surface area contributed by atoms with E-state index in [9.17, 15) is 4.79 Å². The number of imidazole rings is 1. The number of fused-ring (bicyclic) bond motifs is 1. The van der Waals surface area contributed by atoms with Crippen LogP contribution < -0.4 is 0 Å². The van der Waals surface area contributed by atoms with Crippen molar-refractivity contribution in [3.63, 3.8) is 0 Å². The average Bonchev–Trinajstić information content (AvgIpc) is 2.77. The molecule has 19 heavy (non-hydrogen) atoms. The smallest absolute Gasteiger partial charge is 0.306 e. The van der Waals surface area contributed by atoms with Gasteiger partial charge in [0.15, 0.2) is 5.15 Å². The summed E-state index contributed by atoms with van der Waals surface area (Å²) in [4.78, 5) is 15.7. The standard InChI is InChI=1S/C14H19ClN2O2/c15-12-11-8-10(14(18)19)6-7-17(11)13(16-12)9-4-2-1-3-5-9/h9-10H,1-8H2,(H,18,19). The van der Waals surface area contributed by atoms with Gasteiger partial charge in [0.2, 0.25) is 0 Å². The molecule has 0 amide bonds. The van der Waals surface area contributed by atoms with Gasteiger partial charge in [0.1, 0.15) is 5.82 Å². The van der Waals surface area contributed by atoms with E-state index < -0.39 is 5.97 Å². The van der Waals surface area contributed by atoms with Crippen molar-refractivity contribution in [2.24, 2.45) is 5.92 Å². The number of halogens is 1. The Morgan fingerprint density at radius 2 is 2.00 bits per heavy atom. The maximum Gasteiger partial charge on any atom is 0.306 e. The fraction of sp³-hybridized carbons (Fsp3) is 0.714. The van der Waals surface area contributed by atoms with Crippen LogP contribution in [0.2, 0.25) is 5.15 Å². The van der Waals surface area contributed by atoms with Gasteiger partial charge in [0.25, 0.3) is 0 Å². The van der Waals surface area contributed by atoms with Crippen LogP contribution in [0, 0.1) is 5.92 Å². The second kappa shape index (κ2) is 5.16. The van der Waals surface area contributed by atoms with E-state index in [-0.39, 0.29) is 5.92 Å². The average molecular weight is 283 g/mol. The molecule has 0 spiro atoms. The molecule has 1 atom stereocenters. The molecule has 0 radical (unpaired) electrons. The van der Waals surface area contributed by atoms with Crippen molar-refractivity contribution in [2.45, 2.75) is 57.4 Å². The molecule has 5 heteroatoms. The fourth-order valence-electron chi connectivity index (χ4n) is 3.42. The van der Waals surface area contributed by atoms with Crippen molar-refractivity contribution in [1.82, 2.24) is 9.55 Å². The van der Waals surface area contributed by atoms with Crippen LogP contribution in [-0.2, 0) is 17.8 Å². The van der Waals surface area contributed by atoms with Crippen LogP contribution in [0.25, 0.3) is 0 Å². The summed E-state index contributed by atoms with van der Waals surface area (Å²) in [6.45, 7) is 0.748. The molecule has 1 fully saturated rings. The Kier molecular flexibility index (Phi) is 3.52. The molecule has 4 nitrogen and oxygen atoms in total. The van der Waals surface area contributed by atoms with E-state index in [4.69, 9.17) is 16.7 Å². The third-order valence-electron chi connectivity index (χ3n) is 4.51. The van der Waals surface area contributed by atoms with Gasteiger partial charge >= 0.3 is 5.97 Å². The molecule has 104 valence electrons. The van der Waals surface area contributed by atoms with Gasteiger partial charge in [-0.1, -0.05) is 30.9 Å². The number of aromatic nitrogens is 2. The first kappa shape index (κ1) is 13.0. The van der Waals surface area contributed by atoms with Gasteiger partial charge in [-0.05, 0) is 19.3 Å². The Labute approximate surface area is 117 Å². The number of rotatable bonds is 2. The summed E-state index contributed by atoms with van der Waals surface area (Å²) in [6, 6.07) is 0. The highest BCUT2D eigenvalue weighted by atomic mass is 35.5. The first-order valence-corrected chi connectivity index (χ1v) is 7.52. The summed E-state index contributed by atoms with van der Waals surface area (Å²) in [5.74, 6) is 0.591. The van der Waals surface area contributed by atoms with Gasteiger partial charge in [-0.2, -0.15) is 0 Å². The SMILES string of the molecule is O=C(O)C1CCn2c(C3CCCCC3)nc(Cl)c2C1. The number of hydrogen-bond acceptors (Lipinski definition) is 2. The first-order chi connectivity index (χ1) is 9.16. The molecule has 2 heterocycles. The van der Waals surface area contributed by atoms with E-state index in [1.54, 1.807) is 0 Å². The molecule has 0 bridgehead atoms. The van der Waals surface area contributed by atoms with Crippen molar-refractivity contribution in [1.29, 1.82) is 0 Å². The Morgan fingerprint density at radius 3 is 2.68 bits per heavy atom. The minimum atomic E-state index is -0.720. The van der Waals surface area contributed by atoms with Crippen molar-refractivity contribution >= 4 is 17.6 Å². The lowest BCUT2D eigenvalue weighted by Crippen LogP contribution is -2.27. The molecule has 3 rings (SSSR count). The summed E-state index contributed by atoms with van der Waals surface area (Å²) >= 11 is 6.23. The Hall–Kier alpha value is -1.03. The maximum absolute atomic E-state index is 11.1. The van der Waals surface area contributed by atoms with Gasteiger partial charge in [0.05, 0.1) is 11.6 Å². The highest BCUT2D eigenvalue weighted by molar-refractivity contribution is 6.30. The lowest BCUT2D eigenvalue weighted by atomic mass is 9.88. The van der Waals surface area contributed by atoms with Crippen LogP contribution in [0.15, 0.2) is 0 Å². The lowest BCUT2D eigenvalue weighted by Gasteiger charge is -2.26. The molecule has 0 aromatic carbocycles. The summed E-state index contributed by atoms with van der Waals surface area (Å²) in [5.41, 5.74) is 0.931. The van der Waals surface area contributed by atoms with Crippen LogP contribution >= 0.6 is 11.6 Å². The third kappa shape index (κ3) is 2.38. The van der Waals surface area contributed by atoms with Crippen LogP contribution in [0.5, 0.6) is 0 Å². The highest BCUT2D eigenvalue weighted by Crippen LogP contribution is 2.36. The zero-order valence-electron chi connectivity index (χ0n) is 10.9. The molecule has 1 saturated carbocycles. The van der Waals surface area contributed by atoms with E-state index in [0.717, 1.165) is 18.1 Å². The van der Waals surface area contributed by atoms with E-state index in [1.807, 2.05) is 0 Å². The van der Waals surface area contributed by atoms with Crippen LogP contribution in [0.4, 0.5) is 0 Å².